The van der Waals surface area contributed by atoms with E-state index < -0.39 is 5.82 Å². The molecule has 1 amide bonds. The van der Waals surface area contributed by atoms with E-state index in [-0.39, 0.29) is 10.9 Å². The van der Waals surface area contributed by atoms with Crippen LogP contribution in [0.2, 0.25) is 5.02 Å². The lowest BCUT2D eigenvalue weighted by Crippen LogP contribution is -2.24. The minimum Gasteiger partial charge on any atom is -0.385 e. The van der Waals surface area contributed by atoms with Gasteiger partial charge in [0.05, 0.1) is 10.6 Å². The van der Waals surface area contributed by atoms with Crippen LogP contribution in [0.4, 0.5) is 10.1 Å². The van der Waals surface area contributed by atoms with Crippen molar-refractivity contribution in [1.82, 2.24) is 5.32 Å². The highest BCUT2D eigenvalue weighted by Crippen LogP contribution is 2.17. The molecule has 2 rings (SSSR count). The number of rotatable bonds is 5. The van der Waals surface area contributed by atoms with Gasteiger partial charge in [-0.2, -0.15) is 0 Å². The molecular weight excluding hydrogens is 291 g/mol. The number of hydrogen-bond acceptors (Lipinski definition) is 2. The second kappa shape index (κ2) is 7.09. The maximum Gasteiger partial charge on any atom is 0.253 e. The molecule has 0 aliphatic carbocycles. The molecule has 0 atom stereocenters. The minimum absolute atomic E-state index is 0.0507. The van der Waals surface area contributed by atoms with Gasteiger partial charge in [0, 0.05) is 18.8 Å². The van der Waals surface area contributed by atoms with E-state index in [1.54, 1.807) is 12.1 Å². The molecule has 0 radical (unpaired) electrons. The van der Waals surface area contributed by atoms with Crippen LogP contribution in [0.15, 0.2) is 42.5 Å². The fourth-order valence-corrected chi connectivity index (χ4v) is 2.16. The van der Waals surface area contributed by atoms with Crippen molar-refractivity contribution in [3.8, 4) is 0 Å². The van der Waals surface area contributed by atoms with Gasteiger partial charge < -0.3 is 10.6 Å². The van der Waals surface area contributed by atoms with Crippen molar-refractivity contribution in [3.05, 3.63) is 64.4 Å². The molecule has 0 saturated heterocycles. The van der Waals surface area contributed by atoms with Gasteiger partial charge in [-0.05, 0) is 36.8 Å². The summed E-state index contributed by atoms with van der Waals surface area (Å²) >= 11 is 5.71. The summed E-state index contributed by atoms with van der Waals surface area (Å²) < 4.78 is 13.1. The van der Waals surface area contributed by atoms with Crippen LogP contribution < -0.4 is 10.6 Å². The Morgan fingerprint density at radius 1 is 1.24 bits per heavy atom. The zero-order valence-electron chi connectivity index (χ0n) is 11.6. The number of nitrogens with one attached hydrogen (secondary N) is 2. The standard InChI is InChI=1S/C16H16ClFN2O/c1-2-19-15-6-4-3-5-12(15)16(21)20-10-11-7-8-14(18)13(17)9-11/h3-9,19H,2,10H2,1H3,(H,20,21). The third-order valence-electron chi connectivity index (χ3n) is 2.98. The number of halogens is 2. The van der Waals surface area contributed by atoms with Crippen LogP contribution in [0.3, 0.4) is 0 Å². The summed E-state index contributed by atoms with van der Waals surface area (Å²) in [7, 11) is 0. The molecule has 0 aliphatic rings. The monoisotopic (exact) mass is 306 g/mol. The molecule has 2 aromatic carbocycles. The van der Waals surface area contributed by atoms with Gasteiger partial charge in [0.2, 0.25) is 0 Å². The molecule has 21 heavy (non-hydrogen) atoms. The van der Waals surface area contributed by atoms with Gasteiger partial charge in [-0.15, -0.1) is 0 Å². The number of hydrogen-bond donors (Lipinski definition) is 2. The third kappa shape index (κ3) is 3.95. The van der Waals surface area contributed by atoms with Crippen LogP contribution in [-0.4, -0.2) is 12.5 Å². The number of benzene rings is 2. The normalized spacial score (nSPS) is 10.2. The van der Waals surface area contributed by atoms with Gasteiger partial charge in [0.1, 0.15) is 5.82 Å². The first-order valence-corrected chi connectivity index (χ1v) is 7.04. The summed E-state index contributed by atoms with van der Waals surface area (Å²) in [6.45, 7) is 2.99. The van der Waals surface area contributed by atoms with E-state index >= 15 is 0 Å². The molecule has 0 unspecified atom stereocenters. The molecule has 0 saturated carbocycles. The van der Waals surface area contributed by atoms with E-state index in [2.05, 4.69) is 10.6 Å². The first kappa shape index (κ1) is 15.3. The lowest BCUT2D eigenvalue weighted by Gasteiger charge is -2.11. The van der Waals surface area contributed by atoms with E-state index in [0.29, 0.717) is 12.1 Å². The van der Waals surface area contributed by atoms with E-state index in [1.165, 1.54) is 12.1 Å². The molecule has 5 heteroatoms. The molecule has 0 heterocycles. The topological polar surface area (TPSA) is 41.1 Å². The van der Waals surface area contributed by atoms with Crippen LogP contribution in [0.25, 0.3) is 0 Å². The summed E-state index contributed by atoms with van der Waals surface area (Å²) in [6, 6.07) is 11.7. The summed E-state index contributed by atoms with van der Waals surface area (Å²) in [6.07, 6.45) is 0. The van der Waals surface area contributed by atoms with Crippen LogP contribution in [0.1, 0.15) is 22.8 Å². The zero-order chi connectivity index (χ0) is 15.2. The second-order valence-electron chi connectivity index (χ2n) is 4.51. The third-order valence-corrected chi connectivity index (χ3v) is 3.27. The van der Waals surface area contributed by atoms with E-state index in [4.69, 9.17) is 11.6 Å². The SMILES string of the molecule is CCNc1ccccc1C(=O)NCc1ccc(F)c(Cl)c1. The average molecular weight is 307 g/mol. The summed E-state index contributed by atoms with van der Waals surface area (Å²) in [5, 5.41) is 5.99. The van der Waals surface area contributed by atoms with Crippen LogP contribution in [-0.2, 0) is 6.54 Å². The van der Waals surface area contributed by atoms with Crippen molar-refractivity contribution < 1.29 is 9.18 Å². The zero-order valence-corrected chi connectivity index (χ0v) is 12.4. The molecular formula is C16H16ClFN2O. The summed E-state index contributed by atoms with van der Waals surface area (Å²) in [4.78, 5) is 12.2. The van der Waals surface area contributed by atoms with Gasteiger partial charge in [-0.1, -0.05) is 29.8 Å². The second-order valence-corrected chi connectivity index (χ2v) is 4.91. The van der Waals surface area contributed by atoms with Crippen molar-refractivity contribution >= 4 is 23.2 Å². The maximum atomic E-state index is 13.1. The molecule has 0 spiro atoms. The van der Waals surface area contributed by atoms with Crippen LogP contribution in [0.5, 0.6) is 0 Å². The Hall–Kier alpha value is -2.07. The molecule has 0 aromatic heterocycles. The number of amides is 1. The van der Waals surface area contributed by atoms with E-state index in [9.17, 15) is 9.18 Å². The minimum atomic E-state index is -0.468. The Morgan fingerprint density at radius 3 is 2.71 bits per heavy atom. The van der Waals surface area contributed by atoms with Gasteiger partial charge in [-0.3, -0.25) is 4.79 Å². The van der Waals surface area contributed by atoms with Gasteiger partial charge in [-0.25, -0.2) is 4.39 Å². The maximum absolute atomic E-state index is 13.1. The average Bonchev–Trinajstić information content (AvgIpc) is 2.49. The predicted molar refractivity (Wildman–Crippen MR) is 83.2 cm³/mol. The Bertz CT molecular complexity index is 646. The lowest BCUT2D eigenvalue weighted by molar-refractivity contribution is 0.0951. The smallest absolute Gasteiger partial charge is 0.253 e. The van der Waals surface area contributed by atoms with E-state index in [0.717, 1.165) is 17.8 Å². The molecule has 110 valence electrons. The summed E-state index contributed by atoms with van der Waals surface area (Å²) in [5.74, 6) is -0.656. The summed E-state index contributed by atoms with van der Waals surface area (Å²) in [5.41, 5.74) is 2.11. The van der Waals surface area contributed by atoms with Crippen molar-refractivity contribution in [3.63, 3.8) is 0 Å². The highest BCUT2D eigenvalue weighted by molar-refractivity contribution is 6.30. The van der Waals surface area contributed by atoms with Gasteiger partial charge in [0.15, 0.2) is 0 Å². The molecule has 0 bridgehead atoms. The Morgan fingerprint density at radius 2 is 2.00 bits per heavy atom. The number of carbonyl (C=O) groups excluding carboxylic acids is 1. The van der Waals surface area contributed by atoms with Crippen molar-refractivity contribution in [2.75, 3.05) is 11.9 Å². The molecule has 3 nitrogen and oxygen atoms in total. The highest BCUT2D eigenvalue weighted by atomic mass is 35.5. The quantitative estimate of drug-likeness (QED) is 0.881. The van der Waals surface area contributed by atoms with Crippen LogP contribution in [0, 0.1) is 5.82 Å². The lowest BCUT2D eigenvalue weighted by atomic mass is 10.1. The first-order chi connectivity index (χ1) is 10.1. The molecule has 0 fully saturated rings. The van der Waals surface area contributed by atoms with Crippen molar-refractivity contribution in [2.45, 2.75) is 13.5 Å². The first-order valence-electron chi connectivity index (χ1n) is 6.67. The van der Waals surface area contributed by atoms with E-state index in [1.807, 2.05) is 25.1 Å². The highest BCUT2D eigenvalue weighted by Gasteiger charge is 2.10. The number of carbonyl (C=O) groups is 1. The Labute approximate surface area is 128 Å². The van der Waals surface area contributed by atoms with Gasteiger partial charge >= 0.3 is 0 Å². The predicted octanol–water partition coefficient (Wildman–Crippen LogP) is 3.84. The largest absolute Gasteiger partial charge is 0.385 e. The Kier molecular flexibility index (Phi) is 5.17. The number of anilines is 1. The van der Waals surface area contributed by atoms with Crippen molar-refractivity contribution in [1.29, 1.82) is 0 Å². The van der Waals surface area contributed by atoms with Crippen molar-refractivity contribution in [2.24, 2.45) is 0 Å². The molecule has 2 N–H and O–H groups in total. The fraction of sp³-hybridized carbons (Fsp3) is 0.188. The molecule has 2 aromatic rings. The Balaban J connectivity index is 2.06. The number of para-hydroxylation sites is 1. The van der Waals surface area contributed by atoms with Crippen LogP contribution >= 0.6 is 11.6 Å². The molecule has 0 aliphatic heterocycles. The van der Waals surface area contributed by atoms with Gasteiger partial charge in [0.25, 0.3) is 5.91 Å². The fourth-order valence-electron chi connectivity index (χ4n) is 1.95.